The fourth-order valence-electron chi connectivity index (χ4n) is 5.23. The molecule has 0 saturated heterocycles. The van der Waals surface area contributed by atoms with Gasteiger partial charge < -0.3 is 4.57 Å². The number of hydrogen-bond acceptors (Lipinski definition) is 2. The summed E-state index contributed by atoms with van der Waals surface area (Å²) in [5.41, 5.74) is 9.27. The van der Waals surface area contributed by atoms with Gasteiger partial charge in [0.2, 0.25) is 0 Å². The van der Waals surface area contributed by atoms with E-state index in [1.54, 1.807) is 6.33 Å². The van der Waals surface area contributed by atoms with Gasteiger partial charge in [-0.15, -0.1) is 0 Å². The normalized spacial score (nSPS) is 11.9. The largest absolute Gasteiger partial charge is 0.340 e. The summed E-state index contributed by atoms with van der Waals surface area (Å²) in [6.07, 6.45) is 1.70. The molecule has 0 bridgehead atoms. The van der Waals surface area contributed by atoms with E-state index in [0.29, 0.717) is 0 Å². The van der Waals surface area contributed by atoms with Gasteiger partial charge in [0.1, 0.15) is 11.8 Å². The zero-order chi connectivity index (χ0) is 21.3. The van der Waals surface area contributed by atoms with Crippen LogP contribution in [0.5, 0.6) is 0 Å². The van der Waals surface area contributed by atoms with Crippen molar-refractivity contribution in [3.63, 3.8) is 0 Å². The lowest BCUT2D eigenvalue weighted by atomic mass is 9.95. The van der Waals surface area contributed by atoms with Gasteiger partial charge in [0.15, 0.2) is 0 Å². The second kappa shape index (κ2) is 6.39. The molecular weight excluding hydrogens is 378 g/mol. The molecule has 2 heterocycles. The number of aromatic nitrogens is 3. The van der Waals surface area contributed by atoms with Gasteiger partial charge in [0.05, 0.1) is 16.7 Å². The van der Waals surface area contributed by atoms with Gasteiger partial charge in [-0.3, -0.25) is 0 Å². The van der Waals surface area contributed by atoms with Crippen molar-refractivity contribution in [3.8, 4) is 11.3 Å². The van der Waals surface area contributed by atoms with Crippen LogP contribution in [0.3, 0.4) is 0 Å². The summed E-state index contributed by atoms with van der Waals surface area (Å²) in [4.78, 5) is 9.47. The predicted octanol–water partition coefficient (Wildman–Crippen LogP) is 7.02. The molecule has 0 unspecified atom stereocenters. The monoisotopic (exact) mass is 401 g/mol. The Labute approximate surface area is 181 Å². The highest BCUT2D eigenvalue weighted by molar-refractivity contribution is 6.13. The Hall–Kier alpha value is -3.72. The lowest BCUT2D eigenvalue weighted by Gasteiger charge is -2.12. The molecular formula is C28H23N3. The van der Waals surface area contributed by atoms with Gasteiger partial charge in [-0.1, -0.05) is 42.0 Å². The minimum atomic E-state index is 0.983. The van der Waals surface area contributed by atoms with Crippen molar-refractivity contribution in [3.05, 3.63) is 83.7 Å². The molecule has 0 atom stereocenters. The number of aryl methyl sites for hydroxylation is 4. The molecule has 0 amide bonds. The van der Waals surface area contributed by atoms with Crippen LogP contribution in [0.15, 0.2) is 67.0 Å². The SMILES string of the molecule is Cc1cc(C)c2c(C)cc(-c3ncnc4c5cc6ccccc6cc5n(C)c34)cc2c1. The van der Waals surface area contributed by atoms with Crippen LogP contribution in [0.25, 0.3) is 54.7 Å². The van der Waals surface area contributed by atoms with Crippen molar-refractivity contribution < 1.29 is 0 Å². The first-order chi connectivity index (χ1) is 15.0. The zero-order valence-electron chi connectivity index (χ0n) is 18.2. The standard InChI is InChI=1S/C28H23N3/c1-16-9-17(2)25-18(3)11-22(12-21(25)10-16)26-28-27(30-15-29-26)23-13-19-7-5-6-8-20(19)14-24(23)31(28)4/h5-15H,1-4H3. The molecule has 0 aliphatic heterocycles. The average Bonchev–Trinajstić information content (AvgIpc) is 3.03. The summed E-state index contributed by atoms with van der Waals surface area (Å²) in [6.45, 7) is 6.55. The fraction of sp³-hybridized carbons (Fsp3) is 0.143. The lowest BCUT2D eigenvalue weighted by molar-refractivity contribution is 1.01. The number of hydrogen-bond donors (Lipinski definition) is 0. The first-order valence-electron chi connectivity index (χ1n) is 10.6. The molecule has 0 N–H and O–H groups in total. The van der Waals surface area contributed by atoms with Crippen LogP contribution in [-0.4, -0.2) is 14.5 Å². The molecule has 0 aliphatic rings. The molecule has 0 fully saturated rings. The average molecular weight is 402 g/mol. The van der Waals surface area contributed by atoms with E-state index >= 15 is 0 Å². The van der Waals surface area contributed by atoms with E-state index in [9.17, 15) is 0 Å². The quantitative estimate of drug-likeness (QED) is 0.296. The van der Waals surface area contributed by atoms with Gasteiger partial charge >= 0.3 is 0 Å². The van der Waals surface area contributed by atoms with E-state index in [1.807, 2.05) is 0 Å². The van der Waals surface area contributed by atoms with E-state index in [4.69, 9.17) is 9.97 Å². The van der Waals surface area contributed by atoms with Crippen molar-refractivity contribution >= 4 is 43.5 Å². The third kappa shape index (κ3) is 2.59. The Bertz CT molecular complexity index is 1670. The second-order valence-corrected chi connectivity index (χ2v) is 8.67. The maximum absolute atomic E-state index is 4.76. The Morgan fingerprint density at radius 3 is 2.29 bits per heavy atom. The second-order valence-electron chi connectivity index (χ2n) is 8.67. The zero-order valence-corrected chi connectivity index (χ0v) is 18.2. The first kappa shape index (κ1) is 18.1. The van der Waals surface area contributed by atoms with Crippen molar-refractivity contribution in [2.24, 2.45) is 7.05 Å². The molecule has 0 aliphatic carbocycles. The molecule has 0 spiro atoms. The summed E-state index contributed by atoms with van der Waals surface area (Å²) in [7, 11) is 2.12. The summed E-state index contributed by atoms with van der Waals surface area (Å²) >= 11 is 0. The van der Waals surface area contributed by atoms with Crippen LogP contribution >= 0.6 is 0 Å². The third-order valence-electron chi connectivity index (χ3n) is 6.50. The van der Waals surface area contributed by atoms with Crippen LogP contribution in [0.1, 0.15) is 16.7 Å². The van der Waals surface area contributed by atoms with E-state index in [2.05, 4.69) is 93.0 Å². The first-order valence-corrected chi connectivity index (χ1v) is 10.6. The molecule has 6 rings (SSSR count). The Morgan fingerprint density at radius 2 is 1.48 bits per heavy atom. The highest BCUT2D eigenvalue weighted by Gasteiger charge is 2.17. The molecule has 150 valence electrons. The molecule has 3 heteroatoms. The fourth-order valence-corrected chi connectivity index (χ4v) is 5.23. The van der Waals surface area contributed by atoms with Crippen molar-refractivity contribution in [2.45, 2.75) is 20.8 Å². The van der Waals surface area contributed by atoms with E-state index in [0.717, 1.165) is 22.3 Å². The minimum absolute atomic E-state index is 0.983. The number of benzene rings is 4. The lowest BCUT2D eigenvalue weighted by Crippen LogP contribution is -1.95. The summed E-state index contributed by atoms with van der Waals surface area (Å²) in [5.74, 6) is 0. The Balaban J connectivity index is 1.71. The van der Waals surface area contributed by atoms with Crippen LogP contribution < -0.4 is 0 Å². The molecule has 0 radical (unpaired) electrons. The molecule has 4 aromatic carbocycles. The molecule has 2 aromatic heterocycles. The minimum Gasteiger partial charge on any atom is -0.340 e. The van der Waals surface area contributed by atoms with E-state index in [1.165, 1.54) is 49.1 Å². The van der Waals surface area contributed by atoms with Crippen molar-refractivity contribution in [2.75, 3.05) is 0 Å². The van der Waals surface area contributed by atoms with Gasteiger partial charge in [-0.25, -0.2) is 9.97 Å². The van der Waals surface area contributed by atoms with Crippen LogP contribution in [-0.2, 0) is 7.05 Å². The Kier molecular flexibility index (Phi) is 3.73. The van der Waals surface area contributed by atoms with Crippen molar-refractivity contribution in [1.29, 1.82) is 0 Å². The van der Waals surface area contributed by atoms with Gasteiger partial charge in [0, 0.05) is 18.0 Å². The van der Waals surface area contributed by atoms with E-state index in [-0.39, 0.29) is 0 Å². The predicted molar refractivity (Wildman–Crippen MR) is 131 cm³/mol. The van der Waals surface area contributed by atoms with Gasteiger partial charge in [-0.05, 0) is 77.7 Å². The van der Waals surface area contributed by atoms with E-state index < -0.39 is 0 Å². The maximum Gasteiger partial charge on any atom is 0.116 e. The molecule has 0 saturated carbocycles. The Morgan fingerprint density at radius 1 is 0.742 bits per heavy atom. The topological polar surface area (TPSA) is 30.7 Å². The van der Waals surface area contributed by atoms with Crippen LogP contribution in [0.2, 0.25) is 0 Å². The summed E-state index contributed by atoms with van der Waals surface area (Å²) < 4.78 is 2.24. The highest BCUT2D eigenvalue weighted by Crippen LogP contribution is 2.36. The summed E-state index contributed by atoms with van der Waals surface area (Å²) in [5, 5.41) is 6.24. The maximum atomic E-state index is 4.76. The smallest absolute Gasteiger partial charge is 0.116 e. The van der Waals surface area contributed by atoms with Crippen LogP contribution in [0.4, 0.5) is 0 Å². The van der Waals surface area contributed by atoms with Crippen LogP contribution in [0, 0.1) is 20.8 Å². The number of rotatable bonds is 1. The van der Waals surface area contributed by atoms with Gasteiger partial charge in [-0.2, -0.15) is 0 Å². The molecule has 31 heavy (non-hydrogen) atoms. The van der Waals surface area contributed by atoms with Crippen molar-refractivity contribution in [1.82, 2.24) is 14.5 Å². The molecule has 3 nitrogen and oxygen atoms in total. The van der Waals surface area contributed by atoms with Gasteiger partial charge in [0.25, 0.3) is 0 Å². The number of fused-ring (bicyclic) bond motifs is 5. The summed E-state index contributed by atoms with van der Waals surface area (Å²) in [6, 6.07) is 22.1. The third-order valence-corrected chi connectivity index (χ3v) is 6.50. The molecule has 6 aromatic rings. The number of nitrogens with zero attached hydrogens (tertiary/aromatic N) is 3. The highest BCUT2D eigenvalue weighted by atomic mass is 15.0.